The molecule has 0 saturated heterocycles. The van der Waals surface area contributed by atoms with Crippen LogP contribution in [0.1, 0.15) is 10.4 Å². The molecule has 0 aliphatic carbocycles. The zero-order valence-electron chi connectivity index (χ0n) is 13.7. The molecule has 0 fully saturated rings. The first kappa shape index (κ1) is 19.2. The van der Waals surface area contributed by atoms with Crippen LogP contribution in [0.4, 0.5) is 5.69 Å². The van der Waals surface area contributed by atoms with E-state index < -0.39 is 16.0 Å². The molecule has 0 atom stereocenters. The summed E-state index contributed by atoms with van der Waals surface area (Å²) in [6, 6.07) is 17.6. The van der Waals surface area contributed by atoms with Gasteiger partial charge in [-0.3, -0.25) is 4.72 Å². The number of aromatic carboxylic acids is 1. The number of halogens is 2. The SMILES string of the molecule is O=C(O)c1ccc(-c2ccccc2)cc1NS(=O)(=O)c1cc(Cl)ccc1Cl. The monoisotopic (exact) mass is 421 g/mol. The molecule has 5 nitrogen and oxygen atoms in total. The Bertz CT molecular complexity index is 1120. The molecule has 0 spiro atoms. The van der Waals surface area contributed by atoms with E-state index in [9.17, 15) is 18.3 Å². The summed E-state index contributed by atoms with van der Waals surface area (Å²) < 4.78 is 27.8. The van der Waals surface area contributed by atoms with E-state index in [-0.39, 0.29) is 26.2 Å². The summed E-state index contributed by atoms with van der Waals surface area (Å²) in [6.45, 7) is 0. The number of hydrogen-bond acceptors (Lipinski definition) is 3. The summed E-state index contributed by atoms with van der Waals surface area (Å²) in [6.07, 6.45) is 0. The highest BCUT2D eigenvalue weighted by Gasteiger charge is 2.22. The predicted octanol–water partition coefficient (Wildman–Crippen LogP) is 5.16. The lowest BCUT2D eigenvalue weighted by atomic mass is 10.0. The van der Waals surface area contributed by atoms with Crippen LogP contribution in [0, 0.1) is 0 Å². The molecule has 0 radical (unpaired) electrons. The zero-order valence-corrected chi connectivity index (χ0v) is 16.0. The smallest absolute Gasteiger partial charge is 0.337 e. The van der Waals surface area contributed by atoms with Crippen molar-refractivity contribution in [3.63, 3.8) is 0 Å². The minimum atomic E-state index is -4.15. The van der Waals surface area contributed by atoms with E-state index in [4.69, 9.17) is 23.2 Å². The average Bonchev–Trinajstić information content (AvgIpc) is 2.63. The molecule has 0 bridgehead atoms. The summed E-state index contributed by atoms with van der Waals surface area (Å²) in [5.74, 6) is -1.26. The third kappa shape index (κ3) is 4.24. The second-order valence-corrected chi connectivity index (χ2v) is 8.11. The largest absolute Gasteiger partial charge is 0.478 e. The Labute approximate surface area is 166 Å². The van der Waals surface area contributed by atoms with Crippen LogP contribution < -0.4 is 4.72 Å². The lowest BCUT2D eigenvalue weighted by Crippen LogP contribution is -2.16. The van der Waals surface area contributed by atoms with Gasteiger partial charge in [0.25, 0.3) is 10.0 Å². The highest BCUT2D eigenvalue weighted by Crippen LogP contribution is 2.30. The average molecular weight is 422 g/mol. The van der Waals surface area contributed by atoms with Gasteiger partial charge in [-0.05, 0) is 41.5 Å². The van der Waals surface area contributed by atoms with Crippen molar-refractivity contribution >= 4 is 44.9 Å². The van der Waals surface area contributed by atoms with Crippen LogP contribution in [-0.2, 0) is 10.0 Å². The van der Waals surface area contributed by atoms with Gasteiger partial charge in [-0.1, -0.05) is 59.6 Å². The van der Waals surface area contributed by atoms with Gasteiger partial charge in [0, 0.05) is 5.02 Å². The zero-order chi connectivity index (χ0) is 19.6. The molecule has 2 N–H and O–H groups in total. The Morgan fingerprint density at radius 3 is 2.26 bits per heavy atom. The van der Waals surface area contributed by atoms with Crippen LogP contribution in [0.5, 0.6) is 0 Å². The topological polar surface area (TPSA) is 83.5 Å². The van der Waals surface area contributed by atoms with Crippen molar-refractivity contribution in [2.75, 3.05) is 4.72 Å². The third-order valence-electron chi connectivity index (χ3n) is 3.78. The summed E-state index contributed by atoms with van der Waals surface area (Å²) in [5.41, 5.74) is 1.22. The maximum absolute atomic E-state index is 12.8. The Morgan fingerprint density at radius 1 is 0.889 bits per heavy atom. The van der Waals surface area contributed by atoms with Crippen LogP contribution in [0.2, 0.25) is 10.0 Å². The van der Waals surface area contributed by atoms with Gasteiger partial charge in [-0.15, -0.1) is 0 Å². The number of carboxylic acid groups (broad SMARTS) is 1. The molecule has 0 unspecified atom stereocenters. The van der Waals surface area contributed by atoms with Crippen molar-refractivity contribution in [3.8, 4) is 11.1 Å². The van der Waals surface area contributed by atoms with Crippen molar-refractivity contribution in [1.29, 1.82) is 0 Å². The number of rotatable bonds is 5. The van der Waals surface area contributed by atoms with Gasteiger partial charge in [0.05, 0.1) is 16.3 Å². The van der Waals surface area contributed by atoms with E-state index in [2.05, 4.69) is 4.72 Å². The lowest BCUT2D eigenvalue weighted by molar-refractivity contribution is 0.0698. The van der Waals surface area contributed by atoms with Crippen molar-refractivity contribution in [2.45, 2.75) is 4.90 Å². The Balaban J connectivity index is 2.09. The molecule has 138 valence electrons. The van der Waals surface area contributed by atoms with Crippen LogP contribution in [0.25, 0.3) is 11.1 Å². The molecule has 8 heteroatoms. The maximum atomic E-state index is 12.8. The molecule has 3 rings (SSSR count). The van der Waals surface area contributed by atoms with Gasteiger partial charge in [0.15, 0.2) is 0 Å². The number of sulfonamides is 1. The van der Waals surface area contributed by atoms with E-state index in [1.807, 2.05) is 30.3 Å². The van der Waals surface area contributed by atoms with Crippen molar-refractivity contribution in [2.24, 2.45) is 0 Å². The fourth-order valence-electron chi connectivity index (χ4n) is 2.51. The first-order valence-electron chi connectivity index (χ1n) is 7.68. The first-order valence-corrected chi connectivity index (χ1v) is 9.92. The number of anilines is 1. The summed E-state index contributed by atoms with van der Waals surface area (Å²) in [7, 11) is -4.15. The Hall–Kier alpha value is -2.54. The first-order chi connectivity index (χ1) is 12.8. The van der Waals surface area contributed by atoms with Gasteiger partial charge in [-0.2, -0.15) is 0 Å². The third-order valence-corrected chi connectivity index (χ3v) is 5.87. The Kier molecular flexibility index (Phi) is 5.41. The number of carboxylic acids is 1. The molecule has 0 saturated carbocycles. The van der Waals surface area contributed by atoms with Crippen LogP contribution in [0.15, 0.2) is 71.6 Å². The van der Waals surface area contributed by atoms with Gasteiger partial charge in [0.1, 0.15) is 4.90 Å². The molecule has 3 aromatic rings. The van der Waals surface area contributed by atoms with Crippen molar-refractivity contribution in [1.82, 2.24) is 0 Å². The molecule has 27 heavy (non-hydrogen) atoms. The number of hydrogen-bond donors (Lipinski definition) is 2. The molecule has 3 aromatic carbocycles. The summed E-state index contributed by atoms with van der Waals surface area (Å²) >= 11 is 11.9. The predicted molar refractivity (Wildman–Crippen MR) is 106 cm³/mol. The molecular formula is C19H13Cl2NO4S. The molecule has 0 aromatic heterocycles. The fourth-order valence-corrected chi connectivity index (χ4v) is 4.34. The van der Waals surface area contributed by atoms with E-state index in [1.165, 1.54) is 30.3 Å². The summed E-state index contributed by atoms with van der Waals surface area (Å²) in [4.78, 5) is 11.3. The van der Waals surface area contributed by atoms with Gasteiger partial charge in [-0.25, -0.2) is 13.2 Å². The molecule has 0 aliphatic rings. The van der Waals surface area contributed by atoms with Crippen molar-refractivity contribution in [3.05, 3.63) is 82.3 Å². The van der Waals surface area contributed by atoms with E-state index >= 15 is 0 Å². The normalized spacial score (nSPS) is 11.2. The van der Waals surface area contributed by atoms with E-state index in [0.29, 0.717) is 5.56 Å². The highest BCUT2D eigenvalue weighted by molar-refractivity contribution is 7.92. The number of nitrogens with one attached hydrogen (secondary N) is 1. The maximum Gasteiger partial charge on any atom is 0.337 e. The minimum absolute atomic E-state index is 0.0250. The van der Waals surface area contributed by atoms with Crippen molar-refractivity contribution < 1.29 is 18.3 Å². The van der Waals surface area contributed by atoms with Crippen LogP contribution >= 0.6 is 23.2 Å². The second kappa shape index (κ2) is 7.60. The molecule has 0 amide bonds. The van der Waals surface area contributed by atoms with Gasteiger partial charge in [0.2, 0.25) is 0 Å². The summed E-state index contributed by atoms with van der Waals surface area (Å²) in [5, 5.41) is 9.58. The van der Waals surface area contributed by atoms with E-state index in [0.717, 1.165) is 5.56 Å². The molecular weight excluding hydrogens is 409 g/mol. The quantitative estimate of drug-likeness (QED) is 0.595. The number of carbonyl (C=O) groups is 1. The number of benzene rings is 3. The van der Waals surface area contributed by atoms with Gasteiger partial charge < -0.3 is 5.11 Å². The standard InChI is InChI=1S/C19H13Cl2NO4S/c20-14-7-9-16(21)18(11-14)27(25,26)22-17-10-13(6-8-15(17)19(23)24)12-4-2-1-3-5-12/h1-11,22H,(H,23,24). The van der Waals surface area contributed by atoms with Gasteiger partial charge >= 0.3 is 5.97 Å². The molecule has 0 aliphatic heterocycles. The lowest BCUT2D eigenvalue weighted by Gasteiger charge is -2.13. The second-order valence-electron chi connectivity index (χ2n) is 5.61. The van der Waals surface area contributed by atoms with Crippen LogP contribution in [-0.4, -0.2) is 19.5 Å². The van der Waals surface area contributed by atoms with E-state index in [1.54, 1.807) is 6.07 Å². The highest BCUT2D eigenvalue weighted by atomic mass is 35.5. The molecule has 0 heterocycles. The fraction of sp³-hybridized carbons (Fsp3) is 0. The van der Waals surface area contributed by atoms with Crippen LogP contribution in [0.3, 0.4) is 0 Å². The minimum Gasteiger partial charge on any atom is -0.478 e. The Morgan fingerprint density at radius 2 is 1.59 bits per heavy atom.